The molecule has 0 bridgehead atoms. The Morgan fingerprint density at radius 1 is 1.47 bits per heavy atom. The molecule has 1 fully saturated rings. The molecule has 82 valence electrons. The third-order valence-electron chi connectivity index (χ3n) is 2.35. The molecule has 2 N–H and O–H groups in total. The minimum atomic E-state index is -0.359. The lowest BCUT2D eigenvalue weighted by Crippen LogP contribution is -2.39. The lowest BCUT2D eigenvalue weighted by Gasteiger charge is -2.21. The first kappa shape index (κ1) is 10.0. The molecule has 1 amide bonds. The van der Waals surface area contributed by atoms with Crippen molar-refractivity contribution >= 4 is 6.09 Å². The predicted octanol–water partition coefficient (Wildman–Crippen LogP) is 0.670. The van der Waals surface area contributed by atoms with Gasteiger partial charge in [0.15, 0.2) is 0 Å². The van der Waals surface area contributed by atoms with Gasteiger partial charge in [-0.05, 0) is 12.1 Å². The number of furan rings is 1. The highest BCUT2D eigenvalue weighted by molar-refractivity contribution is 5.67. The Morgan fingerprint density at radius 3 is 2.87 bits per heavy atom. The van der Waals surface area contributed by atoms with E-state index < -0.39 is 0 Å². The number of aliphatic hydroxyl groups is 1. The fraction of sp³-hybridized carbons (Fsp3) is 0.500. The number of amides is 1. The maximum atomic E-state index is 10.7. The average Bonchev–Trinajstić information content (AvgIpc) is 2.69. The van der Waals surface area contributed by atoms with Gasteiger partial charge in [-0.1, -0.05) is 0 Å². The molecule has 1 atom stereocenters. The summed E-state index contributed by atoms with van der Waals surface area (Å²) in [5.41, 5.74) is 0. The smallest absolute Gasteiger partial charge is 0.407 e. The van der Waals surface area contributed by atoms with E-state index in [1.54, 1.807) is 6.07 Å². The van der Waals surface area contributed by atoms with Crippen molar-refractivity contribution in [3.05, 3.63) is 23.7 Å². The zero-order valence-corrected chi connectivity index (χ0v) is 8.23. The van der Waals surface area contributed by atoms with Crippen LogP contribution < -0.4 is 5.32 Å². The number of hydrogen-bond acceptors (Lipinski definition) is 4. The highest BCUT2D eigenvalue weighted by Crippen LogP contribution is 2.14. The lowest BCUT2D eigenvalue weighted by atomic mass is 10.0. The standard InChI is InChI=1S/C10H13NO4/c12-5-9-2-1-8(15-9)3-7-4-11-10(13)14-6-7/h1-2,7,12H,3-6H2,(H,11,13)/t7-/m1/s1. The molecule has 1 aliphatic heterocycles. The molecule has 0 saturated carbocycles. The van der Waals surface area contributed by atoms with E-state index in [2.05, 4.69) is 5.32 Å². The van der Waals surface area contributed by atoms with E-state index in [1.807, 2.05) is 6.07 Å². The number of ether oxygens (including phenoxy) is 1. The molecule has 0 radical (unpaired) electrons. The molecule has 0 aromatic carbocycles. The van der Waals surface area contributed by atoms with Gasteiger partial charge in [0.2, 0.25) is 0 Å². The van der Waals surface area contributed by atoms with Gasteiger partial charge in [0.05, 0.1) is 6.61 Å². The van der Waals surface area contributed by atoms with Crippen molar-refractivity contribution in [1.82, 2.24) is 5.32 Å². The molecule has 15 heavy (non-hydrogen) atoms. The Labute approximate surface area is 87.0 Å². The van der Waals surface area contributed by atoms with Crippen LogP contribution in [0.2, 0.25) is 0 Å². The second-order valence-corrected chi connectivity index (χ2v) is 3.58. The first-order chi connectivity index (χ1) is 7.28. The Bertz CT molecular complexity index is 337. The second-order valence-electron chi connectivity index (χ2n) is 3.58. The van der Waals surface area contributed by atoms with E-state index in [0.29, 0.717) is 25.3 Å². The molecule has 0 spiro atoms. The van der Waals surface area contributed by atoms with E-state index in [1.165, 1.54) is 0 Å². The maximum absolute atomic E-state index is 10.7. The first-order valence-electron chi connectivity index (χ1n) is 4.87. The summed E-state index contributed by atoms with van der Waals surface area (Å²) in [6.45, 7) is 0.937. The minimum Gasteiger partial charge on any atom is -0.464 e. The fourth-order valence-electron chi connectivity index (χ4n) is 1.56. The van der Waals surface area contributed by atoms with Gasteiger partial charge in [0.1, 0.15) is 18.1 Å². The van der Waals surface area contributed by atoms with Crippen LogP contribution in [0.25, 0.3) is 0 Å². The van der Waals surface area contributed by atoms with Crippen LogP contribution in [0.1, 0.15) is 11.5 Å². The summed E-state index contributed by atoms with van der Waals surface area (Å²) in [7, 11) is 0. The van der Waals surface area contributed by atoms with Gasteiger partial charge in [-0.25, -0.2) is 4.79 Å². The SMILES string of the molecule is O=C1NC[C@@H](Cc2ccc(CO)o2)CO1. The van der Waals surface area contributed by atoms with Crippen LogP contribution in [0, 0.1) is 5.92 Å². The third-order valence-corrected chi connectivity index (χ3v) is 2.35. The average molecular weight is 211 g/mol. The summed E-state index contributed by atoms with van der Waals surface area (Å²) in [5, 5.41) is 11.4. The van der Waals surface area contributed by atoms with Crippen LogP contribution in [0.4, 0.5) is 4.79 Å². The molecule has 0 aliphatic carbocycles. The summed E-state index contributed by atoms with van der Waals surface area (Å²) in [4.78, 5) is 10.7. The van der Waals surface area contributed by atoms with E-state index in [9.17, 15) is 4.79 Å². The summed E-state index contributed by atoms with van der Waals surface area (Å²) in [6, 6.07) is 3.58. The van der Waals surface area contributed by atoms with Crippen molar-refractivity contribution in [2.45, 2.75) is 13.0 Å². The Balaban J connectivity index is 1.88. The molecule has 1 saturated heterocycles. The van der Waals surface area contributed by atoms with Crippen molar-refractivity contribution in [3.8, 4) is 0 Å². The minimum absolute atomic E-state index is 0.0854. The van der Waals surface area contributed by atoms with E-state index >= 15 is 0 Å². The van der Waals surface area contributed by atoms with Gasteiger partial charge in [-0.15, -0.1) is 0 Å². The third kappa shape index (κ3) is 2.50. The van der Waals surface area contributed by atoms with Crippen LogP contribution in [0.15, 0.2) is 16.5 Å². The highest BCUT2D eigenvalue weighted by Gasteiger charge is 2.20. The van der Waals surface area contributed by atoms with Crippen LogP contribution >= 0.6 is 0 Å². The van der Waals surface area contributed by atoms with Crippen LogP contribution in [0.3, 0.4) is 0 Å². The van der Waals surface area contributed by atoms with Gasteiger partial charge in [0.25, 0.3) is 0 Å². The van der Waals surface area contributed by atoms with Crippen molar-refractivity contribution < 1.29 is 19.1 Å². The number of hydrogen-bond donors (Lipinski definition) is 2. The van der Waals surface area contributed by atoms with Crippen molar-refractivity contribution in [2.75, 3.05) is 13.2 Å². The number of carbonyl (C=O) groups is 1. The van der Waals surface area contributed by atoms with E-state index in [-0.39, 0.29) is 18.6 Å². The Hall–Kier alpha value is -1.49. The summed E-state index contributed by atoms with van der Waals surface area (Å²) in [5.74, 6) is 1.61. The molecule has 0 unspecified atom stereocenters. The normalized spacial score (nSPS) is 20.9. The zero-order valence-electron chi connectivity index (χ0n) is 8.23. The molecule has 1 aromatic heterocycles. The van der Waals surface area contributed by atoms with E-state index in [4.69, 9.17) is 14.3 Å². The van der Waals surface area contributed by atoms with Crippen LogP contribution in [-0.2, 0) is 17.8 Å². The molecule has 1 aliphatic rings. The number of alkyl carbamates (subject to hydrolysis) is 1. The molecule has 1 aromatic rings. The number of carbonyl (C=O) groups excluding carboxylic acids is 1. The van der Waals surface area contributed by atoms with E-state index in [0.717, 1.165) is 5.76 Å². The summed E-state index contributed by atoms with van der Waals surface area (Å²) >= 11 is 0. The fourth-order valence-corrected chi connectivity index (χ4v) is 1.56. The number of aliphatic hydroxyl groups excluding tert-OH is 1. The Kier molecular flexibility index (Phi) is 2.91. The quantitative estimate of drug-likeness (QED) is 0.770. The number of rotatable bonds is 3. The molecule has 2 rings (SSSR count). The molecule has 5 heteroatoms. The van der Waals surface area contributed by atoms with Crippen molar-refractivity contribution in [1.29, 1.82) is 0 Å². The van der Waals surface area contributed by atoms with Gasteiger partial charge >= 0.3 is 6.09 Å². The number of cyclic esters (lactones) is 1. The maximum Gasteiger partial charge on any atom is 0.407 e. The molecule has 5 nitrogen and oxygen atoms in total. The zero-order chi connectivity index (χ0) is 10.7. The second kappa shape index (κ2) is 4.35. The van der Waals surface area contributed by atoms with Gasteiger partial charge in [-0.2, -0.15) is 0 Å². The van der Waals surface area contributed by atoms with Gasteiger partial charge in [0, 0.05) is 18.9 Å². The molecule has 2 heterocycles. The first-order valence-corrected chi connectivity index (χ1v) is 4.87. The van der Waals surface area contributed by atoms with Crippen molar-refractivity contribution in [2.24, 2.45) is 5.92 Å². The van der Waals surface area contributed by atoms with Crippen LogP contribution in [0.5, 0.6) is 0 Å². The van der Waals surface area contributed by atoms with Crippen LogP contribution in [-0.4, -0.2) is 24.4 Å². The Morgan fingerprint density at radius 2 is 2.27 bits per heavy atom. The largest absolute Gasteiger partial charge is 0.464 e. The summed E-state index contributed by atoms with van der Waals surface area (Å²) < 4.78 is 10.2. The lowest BCUT2D eigenvalue weighted by molar-refractivity contribution is 0.101. The van der Waals surface area contributed by atoms with Gasteiger partial charge < -0.3 is 19.6 Å². The molecular weight excluding hydrogens is 198 g/mol. The predicted molar refractivity (Wildman–Crippen MR) is 51.2 cm³/mol. The highest BCUT2D eigenvalue weighted by atomic mass is 16.6. The van der Waals surface area contributed by atoms with Crippen molar-refractivity contribution in [3.63, 3.8) is 0 Å². The summed E-state index contributed by atoms with van der Waals surface area (Å²) in [6.07, 6.45) is 0.349. The topological polar surface area (TPSA) is 71.7 Å². The number of nitrogens with one attached hydrogen (secondary N) is 1. The molecular formula is C10H13NO4. The monoisotopic (exact) mass is 211 g/mol. The van der Waals surface area contributed by atoms with Gasteiger partial charge in [-0.3, -0.25) is 0 Å².